The molecule has 3 rings (SSSR count). The zero-order valence-electron chi connectivity index (χ0n) is 17.2. The van der Waals surface area contributed by atoms with Gasteiger partial charge in [-0.1, -0.05) is 49.7 Å². The summed E-state index contributed by atoms with van der Waals surface area (Å²) in [5.41, 5.74) is 2.74. The summed E-state index contributed by atoms with van der Waals surface area (Å²) in [5, 5.41) is 20.1. The van der Waals surface area contributed by atoms with Gasteiger partial charge in [-0.25, -0.2) is 9.78 Å². The summed E-state index contributed by atoms with van der Waals surface area (Å²) in [6.45, 7) is 4.99. The van der Waals surface area contributed by atoms with E-state index in [9.17, 15) is 15.0 Å². The van der Waals surface area contributed by atoms with Gasteiger partial charge in [0.2, 0.25) is 0 Å². The Balaban J connectivity index is 1.81. The first-order chi connectivity index (χ1) is 14.3. The van der Waals surface area contributed by atoms with E-state index >= 15 is 0 Å². The van der Waals surface area contributed by atoms with Crippen LogP contribution in [0.25, 0.3) is 0 Å². The van der Waals surface area contributed by atoms with E-state index in [2.05, 4.69) is 43.1 Å². The number of methoxy groups -OCH3 is 1. The van der Waals surface area contributed by atoms with Gasteiger partial charge in [-0.05, 0) is 29.0 Å². The maximum absolute atomic E-state index is 12.1. The molecule has 6 nitrogen and oxygen atoms in total. The highest BCUT2D eigenvalue weighted by Gasteiger charge is 2.23. The molecule has 0 atom stereocenters. The van der Waals surface area contributed by atoms with Gasteiger partial charge in [-0.2, -0.15) is 0 Å². The second-order valence-corrected chi connectivity index (χ2v) is 7.82. The van der Waals surface area contributed by atoms with Crippen LogP contribution >= 0.6 is 11.6 Å². The van der Waals surface area contributed by atoms with E-state index in [-0.39, 0.29) is 22.1 Å². The number of aromatic nitrogens is 2. The Morgan fingerprint density at radius 1 is 1.17 bits per heavy atom. The number of imidazole rings is 1. The number of carbonyl (C=O) groups excluding carboxylic acids is 1. The molecule has 158 valence electrons. The smallest absolute Gasteiger partial charge is 0.341 e. The lowest BCUT2D eigenvalue weighted by Gasteiger charge is -2.14. The molecule has 0 bridgehead atoms. The lowest BCUT2D eigenvalue weighted by Crippen LogP contribution is -2.10. The van der Waals surface area contributed by atoms with Crippen molar-refractivity contribution in [1.29, 1.82) is 0 Å². The van der Waals surface area contributed by atoms with Gasteiger partial charge < -0.3 is 19.5 Å². The number of carbonyl (C=O) groups is 1. The molecule has 30 heavy (non-hydrogen) atoms. The van der Waals surface area contributed by atoms with Crippen molar-refractivity contribution < 1.29 is 19.7 Å². The van der Waals surface area contributed by atoms with Crippen molar-refractivity contribution in [2.75, 3.05) is 7.11 Å². The summed E-state index contributed by atoms with van der Waals surface area (Å²) in [6.07, 6.45) is 4.38. The van der Waals surface area contributed by atoms with Crippen molar-refractivity contribution in [3.05, 3.63) is 75.8 Å². The Kier molecular flexibility index (Phi) is 6.67. The topological polar surface area (TPSA) is 84.6 Å². The summed E-state index contributed by atoms with van der Waals surface area (Å²) in [7, 11) is 1.23. The van der Waals surface area contributed by atoms with Crippen molar-refractivity contribution in [3.63, 3.8) is 0 Å². The molecule has 0 unspecified atom stereocenters. The molecule has 2 N–H and O–H groups in total. The predicted molar refractivity (Wildman–Crippen MR) is 115 cm³/mol. The largest absolute Gasteiger partial charge is 0.507 e. The van der Waals surface area contributed by atoms with E-state index < -0.39 is 5.97 Å². The lowest BCUT2D eigenvalue weighted by molar-refractivity contribution is 0.0596. The second kappa shape index (κ2) is 9.22. The molecule has 0 amide bonds. The number of hydrogen-bond acceptors (Lipinski definition) is 5. The maximum Gasteiger partial charge on any atom is 0.341 e. The van der Waals surface area contributed by atoms with Crippen LogP contribution in [0.5, 0.6) is 11.5 Å². The van der Waals surface area contributed by atoms with E-state index in [0.29, 0.717) is 30.9 Å². The Labute approximate surface area is 180 Å². The van der Waals surface area contributed by atoms with Crippen molar-refractivity contribution in [3.8, 4) is 11.5 Å². The van der Waals surface area contributed by atoms with Gasteiger partial charge in [0.15, 0.2) is 0 Å². The predicted octanol–water partition coefficient (Wildman–Crippen LogP) is 4.69. The summed E-state index contributed by atoms with van der Waals surface area (Å²) in [5.74, 6) is -0.0799. The van der Waals surface area contributed by atoms with Crippen LogP contribution in [0.4, 0.5) is 0 Å². The summed E-state index contributed by atoms with van der Waals surface area (Å²) in [6, 6.07) is 9.53. The minimum atomic E-state index is -0.710. The number of benzene rings is 2. The SMILES string of the molecule is COC(=O)c1c(O)cc(O)c(Cl)c1CCc1nccn1Cc1ccc(C(C)C)cc1. The number of aromatic hydroxyl groups is 2. The zero-order valence-corrected chi connectivity index (χ0v) is 18.0. The summed E-state index contributed by atoms with van der Waals surface area (Å²) >= 11 is 6.23. The molecule has 2 aromatic carbocycles. The molecule has 0 aliphatic heterocycles. The summed E-state index contributed by atoms with van der Waals surface area (Å²) in [4.78, 5) is 16.5. The first kappa shape index (κ1) is 21.7. The van der Waals surface area contributed by atoms with Crippen LogP contribution in [-0.2, 0) is 24.1 Å². The van der Waals surface area contributed by atoms with Gasteiger partial charge in [0, 0.05) is 31.4 Å². The van der Waals surface area contributed by atoms with Crippen molar-refractivity contribution >= 4 is 17.6 Å². The molecule has 7 heteroatoms. The lowest BCUT2D eigenvalue weighted by atomic mass is 10.0. The van der Waals surface area contributed by atoms with Crippen LogP contribution in [0.1, 0.15) is 52.6 Å². The van der Waals surface area contributed by atoms with Crippen LogP contribution in [0, 0.1) is 0 Å². The average molecular weight is 429 g/mol. The fourth-order valence-electron chi connectivity index (χ4n) is 3.40. The normalized spacial score (nSPS) is 11.1. The van der Waals surface area contributed by atoms with Crippen LogP contribution in [0.15, 0.2) is 42.7 Å². The van der Waals surface area contributed by atoms with Gasteiger partial charge in [0.25, 0.3) is 0 Å². The van der Waals surface area contributed by atoms with Crippen LogP contribution in [0.3, 0.4) is 0 Å². The third kappa shape index (κ3) is 4.60. The number of phenolic OH excluding ortho intramolecular Hbond substituents is 2. The van der Waals surface area contributed by atoms with Gasteiger partial charge in [0.05, 0.1) is 12.1 Å². The zero-order chi connectivity index (χ0) is 21.8. The Morgan fingerprint density at radius 3 is 2.50 bits per heavy atom. The standard InChI is InChI=1S/C23H25ClN2O4/c1-14(2)16-6-4-15(5-7-16)13-26-11-10-25-20(26)9-8-17-21(23(29)30-3)18(27)12-19(28)22(17)24/h4-7,10-12,14,27-28H,8-9,13H2,1-3H3. The third-order valence-electron chi connectivity index (χ3n) is 5.11. The van der Waals surface area contributed by atoms with Gasteiger partial charge in [-0.15, -0.1) is 0 Å². The highest BCUT2D eigenvalue weighted by molar-refractivity contribution is 6.33. The number of aryl methyl sites for hydroxylation is 1. The Hall–Kier alpha value is -2.99. The third-order valence-corrected chi connectivity index (χ3v) is 5.53. The molecule has 0 saturated carbocycles. The van der Waals surface area contributed by atoms with Crippen LogP contribution in [0.2, 0.25) is 5.02 Å². The highest BCUT2D eigenvalue weighted by atomic mass is 35.5. The molecular formula is C23H25ClN2O4. The minimum Gasteiger partial charge on any atom is -0.507 e. The molecule has 3 aromatic rings. The minimum absolute atomic E-state index is 0.0237. The van der Waals surface area contributed by atoms with E-state index in [4.69, 9.17) is 16.3 Å². The van der Waals surface area contributed by atoms with Gasteiger partial charge in [-0.3, -0.25) is 0 Å². The van der Waals surface area contributed by atoms with Gasteiger partial charge in [0.1, 0.15) is 22.9 Å². The first-order valence-electron chi connectivity index (χ1n) is 9.72. The fourth-order valence-corrected chi connectivity index (χ4v) is 3.65. The molecule has 1 heterocycles. The number of ether oxygens (including phenoxy) is 1. The number of phenols is 2. The van der Waals surface area contributed by atoms with E-state index in [1.807, 2.05) is 10.8 Å². The van der Waals surface area contributed by atoms with Gasteiger partial charge >= 0.3 is 5.97 Å². The van der Waals surface area contributed by atoms with E-state index in [1.165, 1.54) is 12.7 Å². The van der Waals surface area contributed by atoms with Crippen molar-refractivity contribution in [2.24, 2.45) is 0 Å². The Bertz CT molecular complexity index is 1040. The summed E-state index contributed by atoms with van der Waals surface area (Å²) < 4.78 is 6.79. The average Bonchev–Trinajstić information content (AvgIpc) is 3.16. The van der Waals surface area contributed by atoms with Crippen molar-refractivity contribution in [1.82, 2.24) is 9.55 Å². The highest BCUT2D eigenvalue weighted by Crippen LogP contribution is 2.37. The number of nitrogens with zero attached hydrogens (tertiary/aromatic N) is 2. The second-order valence-electron chi connectivity index (χ2n) is 7.44. The van der Waals surface area contributed by atoms with Crippen LogP contribution in [-0.4, -0.2) is 32.8 Å². The number of halogens is 1. The van der Waals surface area contributed by atoms with E-state index in [0.717, 1.165) is 17.5 Å². The molecule has 0 aliphatic rings. The number of hydrogen-bond donors (Lipinski definition) is 2. The molecule has 0 saturated heterocycles. The van der Waals surface area contributed by atoms with E-state index in [1.54, 1.807) is 6.20 Å². The molecule has 0 radical (unpaired) electrons. The van der Waals surface area contributed by atoms with Crippen molar-refractivity contribution in [2.45, 2.75) is 39.2 Å². The molecule has 0 fully saturated rings. The first-order valence-corrected chi connectivity index (χ1v) is 10.1. The maximum atomic E-state index is 12.1. The molecule has 1 aromatic heterocycles. The fraction of sp³-hybridized carbons (Fsp3) is 0.304. The Morgan fingerprint density at radius 2 is 1.87 bits per heavy atom. The molecule has 0 spiro atoms. The molecular weight excluding hydrogens is 404 g/mol. The number of rotatable bonds is 7. The number of esters is 1. The monoisotopic (exact) mass is 428 g/mol. The molecule has 0 aliphatic carbocycles. The van der Waals surface area contributed by atoms with Crippen LogP contribution < -0.4 is 0 Å². The quantitative estimate of drug-likeness (QED) is 0.533.